The van der Waals surface area contributed by atoms with Crippen molar-refractivity contribution in [1.29, 1.82) is 0 Å². The van der Waals surface area contributed by atoms with Gasteiger partial charge in [0.1, 0.15) is 0 Å². The summed E-state index contributed by atoms with van der Waals surface area (Å²) >= 11 is 0. The molecule has 0 saturated carbocycles. The van der Waals surface area contributed by atoms with Crippen LogP contribution in [0.25, 0.3) is 0 Å². The highest BCUT2D eigenvalue weighted by molar-refractivity contribution is 7.87. The lowest BCUT2D eigenvalue weighted by Crippen LogP contribution is -2.52. The van der Waals surface area contributed by atoms with Gasteiger partial charge >= 0.3 is 0 Å². The van der Waals surface area contributed by atoms with Crippen molar-refractivity contribution in [2.45, 2.75) is 45.6 Å². The summed E-state index contributed by atoms with van der Waals surface area (Å²) in [5.74, 6) is 0.604. The van der Waals surface area contributed by atoms with Crippen molar-refractivity contribution in [2.75, 3.05) is 19.7 Å². The first-order valence-corrected chi connectivity index (χ1v) is 7.61. The molecule has 0 spiro atoms. The summed E-state index contributed by atoms with van der Waals surface area (Å²) in [4.78, 5) is 0. The smallest absolute Gasteiger partial charge is 0.279 e. The predicted octanol–water partition coefficient (Wildman–Crippen LogP) is 0.714. The minimum atomic E-state index is -3.41. The summed E-state index contributed by atoms with van der Waals surface area (Å²) < 4.78 is 28.4. The molecule has 0 bridgehead atoms. The van der Waals surface area contributed by atoms with Crippen LogP contribution in [0.2, 0.25) is 0 Å². The Labute approximate surface area is 104 Å². The lowest BCUT2D eigenvalue weighted by molar-refractivity contribution is 0.239. The lowest BCUT2D eigenvalue weighted by Gasteiger charge is -2.33. The largest absolute Gasteiger partial charge is 0.396 e. The Hall–Kier alpha value is -0.170. The van der Waals surface area contributed by atoms with Gasteiger partial charge in [-0.15, -0.1) is 0 Å². The third-order valence-electron chi connectivity index (χ3n) is 3.22. The highest BCUT2D eigenvalue weighted by Crippen LogP contribution is 2.19. The average molecular weight is 264 g/mol. The topological polar surface area (TPSA) is 69.6 Å². The molecular weight excluding hydrogens is 240 g/mol. The first-order valence-electron chi connectivity index (χ1n) is 6.17. The minimum Gasteiger partial charge on any atom is -0.396 e. The average Bonchev–Trinajstić information content (AvgIpc) is 2.16. The molecule has 0 aromatic carbocycles. The molecule has 0 aliphatic carbocycles. The zero-order valence-corrected chi connectivity index (χ0v) is 11.8. The molecule has 0 unspecified atom stereocenters. The van der Waals surface area contributed by atoms with E-state index in [9.17, 15) is 8.42 Å². The summed E-state index contributed by atoms with van der Waals surface area (Å²) in [5, 5.41) is 8.90. The summed E-state index contributed by atoms with van der Waals surface area (Å²) in [6.45, 7) is 6.87. The van der Waals surface area contributed by atoms with E-state index in [0.717, 1.165) is 12.8 Å². The zero-order valence-electron chi connectivity index (χ0n) is 10.9. The van der Waals surface area contributed by atoms with Crippen molar-refractivity contribution in [3.8, 4) is 0 Å². The fraction of sp³-hybridized carbons (Fsp3) is 1.00. The molecule has 1 rings (SSSR count). The van der Waals surface area contributed by atoms with E-state index in [1.807, 2.05) is 0 Å². The molecule has 17 heavy (non-hydrogen) atoms. The Kier molecular flexibility index (Phi) is 4.95. The van der Waals surface area contributed by atoms with Crippen molar-refractivity contribution in [3.63, 3.8) is 0 Å². The van der Waals surface area contributed by atoms with E-state index in [1.54, 1.807) is 13.8 Å². The molecule has 1 saturated heterocycles. The van der Waals surface area contributed by atoms with Crippen LogP contribution in [0, 0.1) is 5.92 Å². The quantitative estimate of drug-likeness (QED) is 0.768. The van der Waals surface area contributed by atoms with Gasteiger partial charge < -0.3 is 5.11 Å². The Balaban J connectivity index is 2.62. The van der Waals surface area contributed by atoms with E-state index in [-0.39, 0.29) is 6.61 Å². The summed E-state index contributed by atoms with van der Waals surface area (Å²) in [5.41, 5.74) is -0.601. The van der Waals surface area contributed by atoms with Gasteiger partial charge in [-0.2, -0.15) is 17.4 Å². The SMILES string of the molecule is CC1CCN(S(=O)(=O)NC(C)(C)CCO)CC1. The van der Waals surface area contributed by atoms with Gasteiger partial charge in [-0.25, -0.2) is 0 Å². The minimum absolute atomic E-state index is 0.0213. The molecule has 1 heterocycles. The van der Waals surface area contributed by atoms with Crippen molar-refractivity contribution in [1.82, 2.24) is 9.03 Å². The molecule has 5 nitrogen and oxygen atoms in total. The zero-order chi connectivity index (χ0) is 13.1. The fourth-order valence-corrected chi connectivity index (χ4v) is 3.59. The van der Waals surface area contributed by atoms with Gasteiger partial charge in [-0.3, -0.25) is 0 Å². The van der Waals surface area contributed by atoms with Crippen LogP contribution in [0.5, 0.6) is 0 Å². The Morgan fingerprint density at radius 1 is 1.35 bits per heavy atom. The van der Waals surface area contributed by atoms with Crippen LogP contribution in [0.4, 0.5) is 0 Å². The maximum absolute atomic E-state index is 12.1. The molecule has 0 amide bonds. The van der Waals surface area contributed by atoms with Crippen molar-refractivity contribution in [2.24, 2.45) is 5.92 Å². The summed E-state index contributed by atoms with van der Waals surface area (Å²) in [6.07, 6.45) is 2.25. The van der Waals surface area contributed by atoms with Gasteiger partial charge in [0.2, 0.25) is 0 Å². The van der Waals surface area contributed by atoms with Gasteiger partial charge in [0, 0.05) is 25.2 Å². The molecule has 1 fully saturated rings. The third kappa shape index (κ3) is 4.54. The monoisotopic (exact) mass is 264 g/mol. The van der Waals surface area contributed by atoms with Crippen LogP contribution in [0.1, 0.15) is 40.0 Å². The number of hydrogen-bond acceptors (Lipinski definition) is 3. The van der Waals surface area contributed by atoms with Crippen LogP contribution in [0.15, 0.2) is 0 Å². The van der Waals surface area contributed by atoms with Crippen LogP contribution in [0.3, 0.4) is 0 Å². The van der Waals surface area contributed by atoms with Crippen molar-refractivity contribution < 1.29 is 13.5 Å². The maximum Gasteiger partial charge on any atom is 0.279 e. The van der Waals surface area contributed by atoms with Crippen LogP contribution in [-0.2, 0) is 10.2 Å². The molecule has 0 atom stereocenters. The molecule has 0 radical (unpaired) electrons. The van der Waals surface area contributed by atoms with Gasteiger partial charge in [0.05, 0.1) is 0 Å². The molecular formula is C11H24N2O3S. The lowest BCUT2D eigenvalue weighted by atomic mass is 10.0. The van der Waals surface area contributed by atoms with E-state index in [1.165, 1.54) is 4.31 Å². The second-order valence-corrected chi connectivity index (χ2v) is 7.22. The third-order valence-corrected chi connectivity index (χ3v) is 5.08. The molecule has 102 valence electrons. The van der Waals surface area contributed by atoms with E-state index in [4.69, 9.17) is 5.11 Å². The molecule has 1 aliphatic rings. The highest BCUT2D eigenvalue weighted by atomic mass is 32.2. The number of rotatable bonds is 5. The fourth-order valence-electron chi connectivity index (χ4n) is 1.97. The molecule has 0 aromatic rings. The van der Waals surface area contributed by atoms with Gasteiger partial charge in [0.15, 0.2) is 0 Å². The van der Waals surface area contributed by atoms with E-state index < -0.39 is 15.7 Å². The van der Waals surface area contributed by atoms with E-state index >= 15 is 0 Å². The number of aliphatic hydroxyl groups excluding tert-OH is 1. The van der Waals surface area contributed by atoms with Crippen LogP contribution in [-0.4, -0.2) is 43.1 Å². The number of hydrogen-bond donors (Lipinski definition) is 2. The molecule has 1 aliphatic heterocycles. The molecule has 0 aromatic heterocycles. The second kappa shape index (κ2) is 5.65. The van der Waals surface area contributed by atoms with Gasteiger partial charge in [-0.05, 0) is 39.0 Å². The Bertz CT molecular complexity index is 333. The van der Waals surface area contributed by atoms with Crippen LogP contribution >= 0.6 is 0 Å². The molecule has 6 heteroatoms. The first-order chi connectivity index (χ1) is 7.77. The normalized spacial score (nSPS) is 20.7. The Morgan fingerprint density at radius 3 is 2.35 bits per heavy atom. The standard InChI is InChI=1S/C11H24N2O3S/c1-10-4-7-13(8-5-10)17(15,16)12-11(2,3)6-9-14/h10,12,14H,4-9H2,1-3H3. The highest BCUT2D eigenvalue weighted by Gasteiger charge is 2.31. The summed E-state index contributed by atoms with van der Waals surface area (Å²) in [6, 6.07) is 0. The van der Waals surface area contributed by atoms with Crippen molar-refractivity contribution in [3.05, 3.63) is 0 Å². The van der Waals surface area contributed by atoms with Crippen LogP contribution < -0.4 is 4.72 Å². The summed E-state index contributed by atoms with van der Waals surface area (Å²) in [7, 11) is -3.41. The number of piperidine rings is 1. The number of nitrogens with one attached hydrogen (secondary N) is 1. The number of aliphatic hydroxyl groups is 1. The van der Waals surface area contributed by atoms with Crippen molar-refractivity contribution >= 4 is 10.2 Å². The number of nitrogens with zero attached hydrogens (tertiary/aromatic N) is 1. The van der Waals surface area contributed by atoms with Gasteiger partial charge in [0.25, 0.3) is 10.2 Å². The maximum atomic E-state index is 12.1. The van der Waals surface area contributed by atoms with E-state index in [2.05, 4.69) is 11.6 Å². The molecule has 2 N–H and O–H groups in total. The Morgan fingerprint density at radius 2 is 1.88 bits per heavy atom. The van der Waals surface area contributed by atoms with Gasteiger partial charge in [-0.1, -0.05) is 6.92 Å². The van der Waals surface area contributed by atoms with E-state index in [0.29, 0.717) is 25.4 Å². The first kappa shape index (κ1) is 14.9. The predicted molar refractivity (Wildman–Crippen MR) is 67.8 cm³/mol. The second-order valence-electron chi connectivity index (χ2n) is 5.55.